The van der Waals surface area contributed by atoms with Crippen molar-refractivity contribution in [3.8, 4) is 0 Å². The Morgan fingerprint density at radius 3 is 2.93 bits per heavy atom. The van der Waals surface area contributed by atoms with Gasteiger partial charge in [-0.2, -0.15) is 10.2 Å². The number of rotatable bonds is 0. The first-order chi connectivity index (χ1) is 6.84. The number of aromatic nitrogens is 4. The minimum absolute atomic E-state index is 0.236. The normalized spacial score (nSPS) is 11.1. The Bertz CT molecular complexity index is 616. The first kappa shape index (κ1) is 7.64. The second-order valence-corrected chi connectivity index (χ2v) is 3.26. The van der Waals surface area contributed by atoms with Crippen molar-refractivity contribution in [1.29, 1.82) is 0 Å². The van der Waals surface area contributed by atoms with Crippen LogP contribution in [0.5, 0.6) is 0 Å². The maximum Gasteiger partial charge on any atom is 0.0921 e. The fourth-order valence-corrected chi connectivity index (χ4v) is 1.57. The largest absolute Gasteiger partial charge is 0.763 e. The summed E-state index contributed by atoms with van der Waals surface area (Å²) in [6, 6.07) is 7.73. The predicted molar refractivity (Wildman–Crippen MR) is 53.8 cm³/mol. The molecule has 68 valence electrons. The van der Waals surface area contributed by atoms with Crippen molar-refractivity contribution in [1.82, 2.24) is 20.2 Å². The summed E-state index contributed by atoms with van der Waals surface area (Å²) in [5.74, 6) is 0. The van der Waals surface area contributed by atoms with E-state index in [1.54, 1.807) is 0 Å². The molecular formula is C9H4N4S-2. The number of fused-ring (bicyclic) bond motifs is 3. The summed E-state index contributed by atoms with van der Waals surface area (Å²) in [5, 5.41) is 8.94. The molecule has 0 aliphatic rings. The standard InChI is InChI=1S/C9H5N4S/c14-9-11-8-7(12-13-9)5-3-1-2-4-6(5)10-8/h1-4H,(H-,10,11,12,13,14)/q-1/p-1. The summed E-state index contributed by atoms with van der Waals surface area (Å²) in [7, 11) is 0. The van der Waals surface area contributed by atoms with Crippen molar-refractivity contribution < 1.29 is 0 Å². The Kier molecular flexibility index (Phi) is 1.43. The van der Waals surface area contributed by atoms with Crippen LogP contribution in [0.15, 0.2) is 29.4 Å². The van der Waals surface area contributed by atoms with Gasteiger partial charge in [0.2, 0.25) is 0 Å². The van der Waals surface area contributed by atoms with E-state index in [2.05, 4.69) is 20.2 Å². The second-order valence-electron chi connectivity index (χ2n) is 2.90. The average Bonchev–Trinajstić information content (AvgIpc) is 2.54. The van der Waals surface area contributed by atoms with E-state index in [0.29, 0.717) is 11.2 Å². The minimum Gasteiger partial charge on any atom is -0.763 e. The molecule has 1 aromatic carbocycles. The van der Waals surface area contributed by atoms with Gasteiger partial charge in [-0.3, -0.25) is 0 Å². The molecule has 0 spiro atoms. The lowest BCUT2D eigenvalue weighted by Crippen LogP contribution is -1.90. The fourth-order valence-electron chi connectivity index (χ4n) is 1.44. The third-order valence-corrected chi connectivity index (χ3v) is 2.21. The van der Waals surface area contributed by atoms with Crippen LogP contribution >= 0.6 is 0 Å². The minimum atomic E-state index is 0.236. The van der Waals surface area contributed by atoms with Gasteiger partial charge < -0.3 is 22.6 Å². The summed E-state index contributed by atoms with van der Waals surface area (Å²) in [4.78, 5) is 8.34. The molecule has 0 amide bonds. The molecule has 0 aliphatic heterocycles. The zero-order valence-corrected chi connectivity index (χ0v) is 7.82. The van der Waals surface area contributed by atoms with Crippen molar-refractivity contribution in [3.63, 3.8) is 0 Å². The molecule has 0 saturated heterocycles. The van der Waals surface area contributed by atoms with Gasteiger partial charge in [0.25, 0.3) is 0 Å². The Labute approximate surface area is 84.8 Å². The van der Waals surface area contributed by atoms with E-state index >= 15 is 0 Å². The first-order valence-electron chi connectivity index (χ1n) is 4.07. The summed E-state index contributed by atoms with van der Waals surface area (Å²) >= 11 is 4.82. The highest BCUT2D eigenvalue weighted by molar-refractivity contribution is 7.58. The molecule has 5 heteroatoms. The van der Waals surface area contributed by atoms with Crippen molar-refractivity contribution in [2.24, 2.45) is 0 Å². The van der Waals surface area contributed by atoms with Crippen LogP contribution in [-0.2, 0) is 12.6 Å². The molecule has 0 saturated carbocycles. The fraction of sp³-hybridized carbons (Fsp3) is 0. The van der Waals surface area contributed by atoms with E-state index in [1.165, 1.54) is 0 Å². The topological polar surface area (TPSA) is 52.8 Å². The van der Waals surface area contributed by atoms with Gasteiger partial charge in [0.15, 0.2) is 0 Å². The number of hydrogen-bond donors (Lipinski definition) is 0. The van der Waals surface area contributed by atoms with Gasteiger partial charge >= 0.3 is 0 Å². The summed E-state index contributed by atoms with van der Waals surface area (Å²) in [5.41, 5.74) is 2.17. The summed E-state index contributed by atoms with van der Waals surface area (Å²) < 4.78 is 0. The molecule has 0 N–H and O–H groups in total. The zero-order valence-electron chi connectivity index (χ0n) is 7.01. The molecule has 0 unspecified atom stereocenters. The molecule has 0 radical (unpaired) electrons. The SMILES string of the molecule is [S-]c1nnc2c(n1)[n-]c1ccccc12. The van der Waals surface area contributed by atoms with Gasteiger partial charge in [-0.25, -0.2) is 0 Å². The highest BCUT2D eigenvalue weighted by Crippen LogP contribution is 2.19. The third kappa shape index (κ3) is 0.958. The van der Waals surface area contributed by atoms with E-state index < -0.39 is 0 Å². The molecule has 3 rings (SSSR count). The van der Waals surface area contributed by atoms with Crippen LogP contribution in [0, 0.1) is 0 Å². The van der Waals surface area contributed by atoms with Gasteiger partial charge in [0.1, 0.15) is 0 Å². The summed E-state index contributed by atoms with van der Waals surface area (Å²) in [6.45, 7) is 0. The van der Waals surface area contributed by atoms with Gasteiger partial charge in [-0.1, -0.05) is 29.4 Å². The lowest BCUT2D eigenvalue weighted by Gasteiger charge is -2.07. The first-order valence-corrected chi connectivity index (χ1v) is 4.48. The zero-order chi connectivity index (χ0) is 9.54. The lowest BCUT2D eigenvalue weighted by atomic mass is 10.2. The van der Waals surface area contributed by atoms with E-state index in [9.17, 15) is 0 Å². The maximum atomic E-state index is 4.82. The lowest BCUT2D eigenvalue weighted by molar-refractivity contribution is 0.881. The Morgan fingerprint density at radius 2 is 2.00 bits per heavy atom. The molecule has 4 nitrogen and oxygen atoms in total. The van der Waals surface area contributed by atoms with E-state index in [-0.39, 0.29) is 5.16 Å². The van der Waals surface area contributed by atoms with Crippen LogP contribution in [0.1, 0.15) is 0 Å². The van der Waals surface area contributed by atoms with Crippen molar-refractivity contribution >= 4 is 34.7 Å². The molecule has 3 aromatic rings. The van der Waals surface area contributed by atoms with Crippen molar-refractivity contribution in [2.45, 2.75) is 5.16 Å². The highest BCUT2D eigenvalue weighted by Gasteiger charge is 1.97. The van der Waals surface area contributed by atoms with E-state index in [1.807, 2.05) is 24.3 Å². The van der Waals surface area contributed by atoms with Gasteiger partial charge in [0.05, 0.1) is 5.52 Å². The van der Waals surface area contributed by atoms with Gasteiger partial charge in [0, 0.05) is 5.39 Å². The number of nitrogens with zero attached hydrogens (tertiary/aromatic N) is 4. The molecule has 0 atom stereocenters. The molecule has 2 aromatic heterocycles. The maximum absolute atomic E-state index is 4.82. The third-order valence-electron chi connectivity index (χ3n) is 2.03. The molecule has 0 bridgehead atoms. The van der Waals surface area contributed by atoms with Crippen molar-refractivity contribution in [3.05, 3.63) is 24.3 Å². The number of para-hydroxylation sites is 1. The van der Waals surface area contributed by atoms with Gasteiger partial charge in [-0.05, 0) is 11.2 Å². The highest BCUT2D eigenvalue weighted by atomic mass is 32.1. The Hall–Kier alpha value is -1.75. The van der Waals surface area contributed by atoms with Crippen LogP contribution in [0.25, 0.3) is 22.1 Å². The second kappa shape index (κ2) is 2.62. The van der Waals surface area contributed by atoms with Gasteiger partial charge in [-0.15, -0.1) is 0 Å². The number of hydrogen-bond acceptors (Lipinski definition) is 4. The molecule has 14 heavy (non-hydrogen) atoms. The monoisotopic (exact) mass is 200 g/mol. The van der Waals surface area contributed by atoms with Crippen LogP contribution in [0.4, 0.5) is 0 Å². The number of benzene rings is 1. The smallest absolute Gasteiger partial charge is 0.0921 e. The van der Waals surface area contributed by atoms with Crippen LogP contribution < -0.4 is 4.98 Å². The van der Waals surface area contributed by atoms with E-state index in [4.69, 9.17) is 12.6 Å². The average molecular weight is 200 g/mol. The molecule has 0 aliphatic carbocycles. The Balaban J connectivity index is 2.57. The quantitative estimate of drug-likeness (QED) is 0.507. The van der Waals surface area contributed by atoms with Crippen LogP contribution in [0.2, 0.25) is 0 Å². The predicted octanol–water partition coefficient (Wildman–Crippen LogP) is 1.04. The molecule has 0 fully saturated rings. The van der Waals surface area contributed by atoms with Crippen molar-refractivity contribution in [2.75, 3.05) is 0 Å². The Morgan fingerprint density at radius 1 is 1.14 bits per heavy atom. The molecule has 2 heterocycles. The van der Waals surface area contributed by atoms with Crippen LogP contribution in [-0.4, -0.2) is 15.2 Å². The molecular weight excluding hydrogens is 196 g/mol. The van der Waals surface area contributed by atoms with E-state index in [0.717, 1.165) is 10.9 Å². The van der Waals surface area contributed by atoms with Crippen LogP contribution in [0.3, 0.4) is 0 Å². The summed E-state index contributed by atoms with van der Waals surface area (Å²) in [6.07, 6.45) is 0.